The molecular formula is C12H26ClN3O. The van der Waals surface area contributed by atoms with Crippen molar-refractivity contribution in [2.24, 2.45) is 5.92 Å². The zero-order chi connectivity index (χ0) is 12.0. The standard InChI is InChI=1S/C12H25N3O.ClH/c1-10-5-4-6-15(8-10)9-11(2)14-12(16)7-13-3;/h10-11,13H,4-9H2,1-3H3,(H,14,16);1H. The van der Waals surface area contributed by atoms with Crippen molar-refractivity contribution in [3.05, 3.63) is 0 Å². The number of halogens is 1. The minimum Gasteiger partial charge on any atom is -0.351 e. The minimum absolute atomic E-state index is 0. The first-order valence-electron chi connectivity index (χ1n) is 6.28. The number of carbonyl (C=O) groups excluding carboxylic acids is 1. The van der Waals surface area contributed by atoms with Gasteiger partial charge in [0.25, 0.3) is 0 Å². The lowest BCUT2D eigenvalue weighted by atomic mass is 10.00. The van der Waals surface area contributed by atoms with Crippen LogP contribution in [0.25, 0.3) is 0 Å². The van der Waals surface area contributed by atoms with Crippen molar-refractivity contribution < 1.29 is 4.79 Å². The van der Waals surface area contributed by atoms with Gasteiger partial charge in [-0.2, -0.15) is 0 Å². The van der Waals surface area contributed by atoms with Gasteiger partial charge in [0.05, 0.1) is 6.54 Å². The highest BCUT2D eigenvalue weighted by Gasteiger charge is 2.18. The van der Waals surface area contributed by atoms with Crippen LogP contribution in [0.2, 0.25) is 0 Å². The van der Waals surface area contributed by atoms with E-state index in [2.05, 4.69) is 29.4 Å². The van der Waals surface area contributed by atoms with Crippen LogP contribution in [0.3, 0.4) is 0 Å². The van der Waals surface area contributed by atoms with E-state index in [-0.39, 0.29) is 24.4 Å². The summed E-state index contributed by atoms with van der Waals surface area (Å²) in [6.07, 6.45) is 2.63. The number of nitrogens with one attached hydrogen (secondary N) is 2. The fraction of sp³-hybridized carbons (Fsp3) is 0.917. The largest absolute Gasteiger partial charge is 0.351 e. The lowest BCUT2D eigenvalue weighted by Gasteiger charge is -2.32. The van der Waals surface area contributed by atoms with Crippen molar-refractivity contribution >= 4 is 18.3 Å². The van der Waals surface area contributed by atoms with E-state index >= 15 is 0 Å². The van der Waals surface area contributed by atoms with Crippen LogP contribution in [0.4, 0.5) is 0 Å². The topological polar surface area (TPSA) is 44.4 Å². The molecule has 17 heavy (non-hydrogen) atoms. The first kappa shape index (κ1) is 16.7. The van der Waals surface area contributed by atoms with Gasteiger partial charge in [-0.3, -0.25) is 4.79 Å². The van der Waals surface area contributed by atoms with Crippen LogP contribution in [0, 0.1) is 5.92 Å². The molecule has 2 N–H and O–H groups in total. The molecule has 0 bridgehead atoms. The molecule has 4 nitrogen and oxygen atoms in total. The number of rotatable bonds is 5. The Balaban J connectivity index is 0.00000256. The quantitative estimate of drug-likeness (QED) is 0.774. The van der Waals surface area contributed by atoms with Gasteiger partial charge in [-0.1, -0.05) is 6.92 Å². The minimum atomic E-state index is 0. The Labute approximate surface area is 111 Å². The van der Waals surface area contributed by atoms with Crippen molar-refractivity contribution in [3.63, 3.8) is 0 Å². The van der Waals surface area contributed by atoms with E-state index in [1.54, 1.807) is 7.05 Å². The summed E-state index contributed by atoms with van der Waals surface area (Å²) in [7, 11) is 1.79. The second kappa shape index (κ2) is 8.72. The number of carbonyl (C=O) groups is 1. The third-order valence-corrected chi connectivity index (χ3v) is 3.02. The smallest absolute Gasteiger partial charge is 0.234 e. The number of hydrogen-bond acceptors (Lipinski definition) is 3. The Bertz CT molecular complexity index is 226. The Hall–Kier alpha value is -0.320. The maximum atomic E-state index is 11.4. The van der Waals surface area contributed by atoms with Crippen LogP contribution < -0.4 is 10.6 Å². The summed E-state index contributed by atoms with van der Waals surface area (Å²) < 4.78 is 0. The molecule has 0 aliphatic carbocycles. The summed E-state index contributed by atoms with van der Waals surface area (Å²) in [6, 6.07) is 0.242. The number of hydrogen-bond donors (Lipinski definition) is 2. The molecule has 1 fully saturated rings. The molecule has 2 unspecified atom stereocenters. The second-order valence-corrected chi connectivity index (χ2v) is 5.01. The van der Waals surface area contributed by atoms with Crippen LogP contribution in [0.15, 0.2) is 0 Å². The molecule has 0 aromatic heterocycles. The van der Waals surface area contributed by atoms with Gasteiger partial charge in [-0.15, -0.1) is 12.4 Å². The molecule has 1 rings (SSSR count). The highest BCUT2D eigenvalue weighted by molar-refractivity contribution is 5.85. The van der Waals surface area contributed by atoms with E-state index in [1.807, 2.05) is 0 Å². The molecule has 1 heterocycles. The van der Waals surface area contributed by atoms with Gasteiger partial charge in [-0.05, 0) is 39.3 Å². The van der Waals surface area contributed by atoms with Crippen molar-refractivity contribution in [1.82, 2.24) is 15.5 Å². The molecule has 2 atom stereocenters. The third kappa shape index (κ3) is 6.86. The average molecular weight is 264 g/mol. The van der Waals surface area contributed by atoms with E-state index in [0.29, 0.717) is 6.54 Å². The molecule has 1 saturated heterocycles. The van der Waals surface area contributed by atoms with Crippen LogP contribution >= 0.6 is 12.4 Å². The molecule has 5 heteroatoms. The average Bonchev–Trinajstić information content (AvgIpc) is 2.17. The summed E-state index contributed by atoms with van der Waals surface area (Å²) in [4.78, 5) is 13.8. The summed E-state index contributed by atoms with van der Waals surface area (Å²) in [5.74, 6) is 0.883. The number of likely N-dealkylation sites (N-methyl/N-ethyl adjacent to an activating group) is 1. The van der Waals surface area contributed by atoms with E-state index in [1.165, 1.54) is 25.9 Å². The fourth-order valence-corrected chi connectivity index (χ4v) is 2.37. The summed E-state index contributed by atoms with van der Waals surface area (Å²) in [5, 5.41) is 5.86. The van der Waals surface area contributed by atoms with Gasteiger partial charge in [0.15, 0.2) is 0 Å². The molecule has 1 aliphatic rings. The van der Waals surface area contributed by atoms with Crippen LogP contribution in [0.5, 0.6) is 0 Å². The van der Waals surface area contributed by atoms with Gasteiger partial charge in [0, 0.05) is 19.1 Å². The molecule has 0 aromatic carbocycles. The Morgan fingerprint density at radius 1 is 1.53 bits per heavy atom. The highest BCUT2D eigenvalue weighted by Crippen LogP contribution is 2.15. The molecule has 1 aliphatic heterocycles. The van der Waals surface area contributed by atoms with Gasteiger partial charge in [0.1, 0.15) is 0 Å². The first-order valence-corrected chi connectivity index (χ1v) is 6.28. The van der Waals surface area contributed by atoms with E-state index in [0.717, 1.165) is 12.5 Å². The fourth-order valence-electron chi connectivity index (χ4n) is 2.37. The highest BCUT2D eigenvalue weighted by atomic mass is 35.5. The number of amides is 1. The van der Waals surface area contributed by atoms with E-state index < -0.39 is 0 Å². The van der Waals surface area contributed by atoms with E-state index in [9.17, 15) is 4.79 Å². The molecule has 0 spiro atoms. The normalized spacial score (nSPS) is 22.6. The van der Waals surface area contributed by atoms with Crippen LogP contribution in [-0.2, 0) is 4.79 Å². The van der Waals surface area contributed by atoms with Gasteiger partial charge in [0.2, 0.25) is 5.91 Å². The predicted octanol–water partition coefficient (Wildman–Crippen LogP) is 0.864. The SMILES string of the molecule is CNCC(=O)NC(C)CN1CCCC(C)C1.Cl. The summed E-state index contributed by atoms with van der Waals surface area (Å²) >= 11 is 0. The number of nitrogens with zero attached hydrogens (tertiary/aromatic N) is 1. The summed E-state index contributed by atoms with van der Waals surface area (Å²) in [5.41, 5.74) is 0. The number of piperidine rings is 1. The van der Waals surface area contributed by atoms with Gasteiger partial charge < -0.3 is 15.5 Å². The molecular weight excluding hydrogens is 238 g/mol. The van der Waals surface area contributed by atoms with Crippen molar-refractivity contribution in [1.29, 1.82) is 0 Å². The Morgan fingerprint density at radius 2 is 2.24 bits per heavy atom. The molecule has 0 saturated carbocycles. The maximum Gasteiger partial charge on any atom is 0.234 e. The zero-order valence-electron chi connectivity index (χ0n) is 11.2. The van der Waals surface area contributed by atoms with Gasteiger partial charge >= 0.3 is 0 Å². The van der Waals surface area contributed by atoms with Gasteiger partial charge in [-0.25, -0.2) is 0 Å². The third-order valence-electron chi connectivity index (χ3n) is 3.02. The van der Waals surface area contributed by atoms with Crippen molar-refractivity contribution in [2.75, 3.05) is 33.2 Å². The van der Waals surface area contributed by atoms with Crippen LogP contribution in [-0.4, -0.2) is 50.1 Å². The molecule has 102 valence electrons. The van der Waals surface area contributed by atoms with Crippen molar-refractivity contribution in [2.45, 2.75) is 32.7 Å². The molecule has 0 radical (unpaired) electrons. The van der Waals surface area contributed by atoms with Crippen molar-refractivity contribution in [3.8, 4) is 0 Å². The maximum absolute atomic E-state index is 11.4. The second-order valence-electron chi connectivity index (χ2n) is 5.01. The predicted molar refractivity (Wildman–Crippen MR) is 73.6 cm³/mol. The molecule has 0 aromatic rings. The Kier molecular flexibility index (Phi) is 8.56. The van der Waals surface area contributed by atoms with Crippen LogP contribution in [0.1, 0.15) is 26.7 Å². The zero-order valence-corrected chi connectivity index (χ0v) is 12.0. The lowest BCUT2D eigenvalue weighted by Crippen LogP contribution is -2.46. The molecule has 1 amide bonds. The van der Waals surface area contributed by atoms with E-state index in [4.69, 9.17) is 0 Å². The number of likely N-dealkylation sites (tertiary alicyclic amines) is 1. The monoisotopic (exact) mass is 263 g/mol. The Morgan fingerprint density at radius 3 is 2.82 bits per heavy atom. The first-order chi connectivity index (χ1) is 7.61. The summed E-state index contributed by atoms with van der Waals surface area (Å²) in [6.45, 7) is 8.10. The lowest BCUT2D eigenvalue weighted by molar-refractivity contribution is -0.120.